The average Bonchev–Trinajstić information content (AvgIpc) is 1.99. The maximum absolute atomic E-state index is 10.8. The quantitative estimate of drug-likeness (QED) is 0.315. The van der Waals surface area contributed by atoms with Crippen molar-refractivity contribution in [1.82, 2.24) is 0 Å². The zero-order valence-electron chi connectivity index (χ0n) is 9.92. The molecule has 0 aliphatic carbocycles. The van der Waals surface area contributed by atoms with Crippen molar-refractivity contribution in [3.8, 4) is 0 Å². The number of hydrogen-bond donors (Lipinski definition) is 0. The summed E-state index contributed by atoms with van der Waals surface area (Å²) in [6, 6.07) is 0. The van der Waals surface area contributed by atoms with Crippen LogP contribution in [0.15, 0.2) is 24.4 Å². The summed E-state index contributed by atoms with van der Waals surface area (Å²) in [7, 11) is -0.287. The Bertz CT molecular complexity index is 276. The molecule has 0 heterocycles. The van der Waals surface area contributed by atoms with Crippen LogP contribution in [0, 0.1) is 0 Å². The maximum atomic E-state index is 10.8. The third-order valence-corrected chi connectivity index (χ3v) is 2.04. The fourth-order valence-electron chi connectivity index (χ4n) is 0.828. The van der Waals surface area contributed by atoms with E-state index in [0.29, 0.717) is 5.76 Å². The molecule has 0 aromatic rings. The number of carbonyl (C=O) groups is 1. The molecule has 86 valence electrons. The predicted molar refractivity (Wildman–Crippen MR) is 60.4 cm³/mol. The van der Waals surface area contributed by atoms with Gasteiger partial charge in [-0.3, -0.25) is 4.79 Å². The van der Waals surface area contributed by atoms with Crippen LogP contribution in [0.5, 0.6) is 0 Å². The summed E-state index contributed by atoms with van der Waals surface area (Å²) in [6.07, 6.45) is 1.30. The van der Waals surface area contributed by atoms with Gasteiger partial charge in [0.2, 0.25) is 14.1 Å². The fraction of sp³-hybridized carbons (Fsp3) is 0.500. The molecule has 0 saturated heterocycles. The topological polar surface area (TPSA) is 44.8 Å². The first-order valence-corrected chi connectivity index (χ1v) is 7.97. The Kier molecular flexibility index (Phi) is 5.14. The summed E-state index contributed by atoms with van der Waals surface area (Å²) in [5.41, 5.74) is 0. The van der Waals surface area contributed by atoms with Crippen molar-refractivity contribution in [2.75, 3.05) is 7.11 Å². The maximum Gasteiger partial charge on any atom is 0.308 e. The van der Waals surface area contributed by atoms with Gasteiger partial charge in [-0.1, -0.05) is 6.58 Å². The van der Waals surface area contributed by atoms with E-state index in [9.17, 15) is 4.79 Å². The van der Waals surface area contributed by atoms with Gasteiger partial charge >= 0.3 is 5.97 Å². The van der Waals surface area contributed by atoms with Crippen LogP contribution in [-0.4, -0.2) is 21.4 Å². The molecule has 0 aliphatic rings. The Morgan fingerprint density at radius 1 is 1.33 bits per heavy atom. The summed E-state index contributed by atoms with van der Waals surface area (Å²) >= 11 is 0. The van der Waals surface area contributed by atoms with E-state index < -0.39 is 14.3 Å². The molecule has 15 heavy (non-hydrogen) atoms. The lowest BCUT2D eigenvalue weighted by Crippen LogP contribution is -2.25. The molecule has 0 saturated carbocycles. The standard InChI is InChI=1S/C10H18O4Si/c1-8(14-15(4,5)6)10(7-12-3)13-9(2)11/h7H,1H2,2-6H3. The summed E-state index contributed by atoms with van der Waals surface area (Å²) in [5, 5.41) is 0. The summed E-state index contributed by atoms with van der Waals surface area (Å²) in [5.74, 6) is 0.109. The molecular weight excluding hydrogens is 212 g/mol. The molecule has 0 aromatic carbocycles. The van der Waals surface area contributed by atoms with Crippen molar-refractivity contribution in [2.24, 2.45) is 0 Å². The zero-order valence-corrected chi connectivity index (χ0v) is 10.9. The van der Waals surface area contributed by atoms with Crippen molar-refractivity contribution in [2.45, 2.75) is 26.6 Å². The third-order valence-electron chi connectivity index (χ3n) is 1.18. The van der Waals surface area contributed by atoms with Crippen LogP contribution in [0.1, 0.15) is 6.92 Å². The Hall–Kier alpha value is -1.23. The third kappa shape index (κ3) is 6.79. The van der Waals surface area contributed by atoms with Gasteiger partial charge in [0.1, 0.15) is 12.0 Å². The number of methoxy groups -OCH3 is 1. The molecule has 5 heteroatoms. The van der Waals surface area contributed by atoms with E-state index >= 15 is 0 Å². The highest BCUT2D eigenvalue weighted by Gasteiger charge is 2.20. The van der Waals surface area contributed by atoms with Gasteiger partial charge in [0.25, 0.3) is 0 Å². The molecule has 0 fully saturated rings. The molecule has 0 unspecified atom stereocenters. The van der Waals surface area contributed by atoms with Crippen LogP contribution in [0.25, 0.3) is 0 Å². The van der Waals surface area contributed by atoms with Gasteiger partial charge in [-0.25, -0.2) is 0 Å². The molecule has 0 radical (unpaired) electrons. The molecule has 0 rings (SSSR count). The molecule has 0 aromatic heterocycles. The van der Waals surface area contributed by atoms with Crippen molar-refractivity contribution in [1.29, 1.82) is 0 Å². The molecule has 0 spiro atoms. The average molecular weight is 230 g/mol. The van der Waals surface area contributed by atoms with Crippen LogP contribution < -0.4 is 0 Å². The number of hydrogen-bond acceptors (Lipinski definition) is 4. The number of esters is 1. The molecule has 0 bridgehead atoms. The molecule has 0 N–H and O–H groups in total. The zero-order chi connectivity index (χ0) is 12.1. The van der Waals surface area contributed by atoms with Gasteiger partial charge in [-0.2, -0.15) is 0 Å². The monoisotopic (exact) mass is 230 g/mol. The van der Waals surface area contributed by atoms with E-state index in [1.165, 1.54) is 20.3 Å². The predicted octanol–water partition coefficient (Wildman–Crippen LogP) is 2.40. The van der Waals surface area contributed by atoms with E-state index in [0.717, 1.165) is 0 Å². The smallest absolute Gasteiger partial charge is 0.308 e. The van der Waals surface area contributed by atoms with Crippen LogP contribution in [-0.2, 0) is 18.7 Å². The van der Waals surface area contributed by atoms with Gasteiger partial charge in [0, 0.05) is 6.92 Å². The largest absolute Gasteiger partial charge is 0.542 e. The molecular formula is C10H18O4Si. The van der Waals surface area contributed by atoms with Gasteiger partial charge in [-0.05, 0) is 19.6 Å². The van der Waals surface area contributed by atoms with Gasteiger partial charge in [0.15, 0.2) is 0 Å². The van der Waals surface area contributed by atoms with E-state index in [1.807, 2.05) is 19.6 Å². The normalized spacial score (nSPS) is 11.9. The second kappa shape index (κ2) is 5.60. The number of carbonyl (C=O) groups excluding carboxylic acids is 1. The Balaban J connectivity index is 4.58. The van der Waals surface area contributed by atoms with Gasteiger partial charge in [-0.15, -0.1) is 0 Å². The lowest BCUT2D eigenvalue weighted by Gasteiger charge is -2.21. The van der Waals surface area contributed by atoms with Gasteiger partial charge in [0.05, 0.1) is 7.11 Å². The first-order valence-electron chi connectivity index (χ1n) is 4.56. The van der Waals surface area contributed by atoms with Gasteiger partial charge < -0.3 is 13.9 Å². The minimum absolute atomic E-state index is 0.215. The summed E-state index contributed by atoms with van der Waals surface area (Å²) in [4.78, 5) is 10.8. The lowest BCUT2D eigenvalue weighted by molar-refractivity contribution is -0.137. The van der Waals surface area contributed by atoms with Crippen molar-refractivity contribution in [3.05, 3.63) is 24.4 Å². The van der Waals surface area contributed by atoms with E-state index in [1.54, 1.807) is 0 Å². The second-order valence-electron chi connectivity index (χ2n) is 3.95. The Labute approximate surface area is 91.7 Å². The molecule has 4 nitrogen and oxygen atoms in total. The van der Waals surface area contributed by atoms with Crippen LogP contribution in [0.4, 0.5) is 0 Å². The Morgan fingerprint density at radius 3 is 2.20 bits per heavy atom. The van der Waals surface area contributed by atoms with E-state index in [-0.39, 0.29) is 5.76 Å². The minimum Gasteiger partial charge on any atom is -0.542 e. The van der Waals surface area contributed by atoms with Crippen molar-refractivity contribution in [3.63, 3.8) is 0 Å². The van der Waals surface area contributed by atoms with Crippen molar-refractivity contribution < 1.29 is 18.7 Å². The number of rotatable bonds is 5. The fourth-order valence-corrected chi connectivity index (χ4v) is 1.67. The molecule has 0 aliphatic heterocycles. The first-order chi connectivity index (χ1) is 6.76. The molecule has 0 amide bonds. The number of ether oxygens (including phenoxy) is 2. The summed E-state index contributed by atoms with van der Waals surface area (Å²) < 4.78 is 15.2. The lowest BCUT2D eigenvalue weighted by atomic mass is 10.5. The second-order valence-corrected chi connectivity index (χ2v) is 8.38. The van der Waals surface area contributed by atoms with Crippen LogP contribution in [0.2, 0.25) is 19.6 Å². The highest BCUT2D eigenvalue weighted by atomic mass is 28.4. The Morgan fingerprint density at radius 2 is 1.87 bits per heavy atom. The first kappa shape index (κ1) is 13.8. The van der Waals surface area contributed by atoms with E-state index in [4.69, 9.17) is 13.9 Å². The van der Waals surface area contributed by atoms with E-state index in [2.05, 4.69) is 6.58 Å². The highest BCUT2D eigenvalue weighted by Crippen LogP contribution is 2.17. The minimum atomic E-state index is -1.75. The SMILES string of the molecule is C=C(O[Si](C)(C)C)C(=COC)OC(C)=O. The summed E-state index contributed by atoms with van der Waals surface area (Å²) in [6.45, 7) is 11.0. The van der Waals surface area contributed by atoms with Crippen LogP contribution in [0.3, 0.4) is 0 Å². The highest BCUT2D eigenvalue weighted by molar-refractivity contribution is 6.70. The van der Waals surface area contributed by atoms with Crippen LogP contribution >= 0.6 is 0 Å². The van der Waals surface area contributed by atoms with Crippen molar-refractivity contribution >= 4 is 14.3 Å². The molecule has 0 atom stereocenters.